The van der Waals surface area contributed by atoms with Crippen molar-refractivity contribution in [3.8, 4) is 0 Å². The Hall–Kier alpha value is -0.870. The fourth-order valence-electron chi connectivity index (χ4n) is 1.45. The predicted octanol–water partition coefficient (Wildman–Crippen LogP) is 2.09. The molecule has 1 aromatic carbocycles. The maximum atomic E-state index is 12.0. The molecule has 88 valence electrons. The molecule has 3 nitrogen and oxygen atoms in total. The summed E-state index contributed by atoms with van der Waals surface area (Å²) < 4.78 is 26.5. The molecule has 0 heterocycles. The quantitative estimate of drug-likeness (QED) is 0.855. The number of hydrogen-bond acceptors (Lipinski definition) is 2. The number of nitrogens with one attached hydrogen (secondary N) is 1. The Labute approximate surface area is 97.9 Å². The van der Waals surface area contributed by atoms with Crippen LogP contribution in [0, 0.1) is 20.8 Å². The van der Waals surface area contributed by atoms with Gasteiger partial charge in [-0.3, -0.25) is 0 Å². The van der Waals surface area contributed by atoms with Gasteiger partial charge < -0.3 is 0 Å². The summed E-state index contributed by atoms with van der Waals surface area (Å²) in [5, 5.41) is 0. The van der Waals surface area contributed by atoms with Crippen molar-refractivity contribution >= 4 is 10.0 Å². The van der Waals surface area contributed by atoms with Gasteiger partial charge in [0, 0.05) is 6.04 Å². The minimum Gasteiger partial charge on any atom is -0.208 e. The number of hydrogen-bond donors (Lipinski definition) is 1. The predicted molar refractivity (Wildman–Crippen MR) is 65.2 cm³/mol. The van der Waals surface area contributed by atoms with Gasteiger partial charge in [-0.15, -0.1) is 0 Å². The molecular formula is C12H17NO2S. The van der Waals surface area contributed by atoms with Crippen molar-refractivity contribution in [1.82, 2.24) is 4.72 Å². The van der Waals surface area contributed by atoms with Gasteiger partial charge in [0.1, 0.15) is 0 Å². The molecule has 1 aromatic rings. The second-order valence-corrected chi connectivity index (χ2v) is 5.41. The molecule has 0 unspecified atom stereocenters. The molecule has 0 saturated heterocycles. The minimum atomic E-state index is -3.45. The Kier molecular flexibility index (Phi) is 4.50. The highest BCUT2D eigenvalue weighted by Gasteiger charge is 2.18. The van der Waals surface area contributed by atoms with Gasteiger partial charge in [0.05, 0.1) is 4.90 Å². The molecule has 0 fully saturated rings. The van der Waals surface area contributed by atoms with E-state index in [0.29, 0.717) is 17.7 Å². The summed E-state index contributed by atoms with van der Waals surface area (Å²) in [6, 6.07) is 6.55. The van der Waals surface area contributed by atoms with Crippen LogP contribution in [0.25, 0.3) is 0 Å². The topological polar surface area (TPSA) is 46.2 Å². The average Bonchev–Trinajstić information content (AvgIpc) is 2.17. The summed E-state index contributed by atoms with van der Waals surface area (Å²) in [6.07, 6.45) is 1.29. The first-order chi connectivity index (χ1) is 7.47. The second-order valence-electron chi connectivity index (χ2n) is 3.73. The highest BCUT2D eigenvalue weighted by Crippen LogP contribution is 2.14. The van der Waals surface area contributed by atoms with Gasteiger partial charge in [0.25, 0.3) is 0 Å². The summed E-state index contributed by atoms with van der Waals surface area (Å²) in [5.74, 6) is 0. The van der Waals surface area contributed by atoms with E-state index in [1.165, 1.54) is 0 Å². The van der Waals surface area contributed by atoms with Crippen molar-refractivity contribution in [2.75, 3.05) is 0 Å². The molecule has 1 atom stereocenters. The Bertz CT molecular complexity index is 440. The molecule has 0 saturated carbocycles. The van der Waals surface area contributed by atoms with Crippen molar-refractivity contribution in [3.05, 3.63) is 43.7 Å². The molecule has 0 aliphatic heterocycles. The molecule has 4 heteroatoms. The zero-order valence-electron chi connectivity index (χ0n) is 9.44. The van der Waals surface area contributed by atoms with E-state index in [4.69, 9.17) is 0 Å². The van der Waals surface area contributed by atoms with Gasteiger partial charge in [-0.2, -0.15) is 0 Å². The number of rotatable bonds is 5. The second kappa shape index (κ2) is 5.46. The normalized spacial score (nSPS) is 13.7. The third-order valence-electron chi connectivity index (χ3n) is 2.26. The third-order valence-corrected chi connectivity index (χ3v) is 3.94. The molecule has 0 aliphatic carbocycles. The van der Waals surface area contributed by atoms with Crippen LogP contribution in [0.3, 0.4) is 0 Å². The fraction of sp³-hybridized carbons (Fsp3) is 0.333. The summed E-state index contributed by atoms with van der Waals surface area (Å²) in [6.45, 7) is 9.18. The standard InChI is InChI=1S/C12H17NO2S/c1-4-7-11(3)13-16(14,15)12-9-6-5-8-10(12)2/h5-6,8-9,11,13H,1,3-4,7H2,2H3/t11-/m1/s1. The van der Waals surface area contributed by atoms with Gasteiger partial charge in [0.15, 0.2) is 0 Å². The van der Waals surface area contributed by atoms with Crippen LogP contribution in [-0.2, 0) is 10.0 Å². The molecule has 1 rings (SSSR count). The summed E-state index contributed by atoms with van der Waals surface area (Å²) in [5.41, 5.74) is 0.733. The molecule has 2 radical (unpaired) electrons. The number of aryl methyl sites for hydroxylation is 1. The van der Waals surface area contributed by atoms with Crippen LogP contribution in [0.5, 0.6) is 0 Å². The highest BCUT2D eigenvalue weighted by molar-refractivity contribution is 7.89. The van der Waals surface area contributed by atoms with E-state index in [1.54, 1.807) is 25.1 Å². The number of benzene rings is 1. The lowest BCUT2D eigenvalue weighted by molar-refractivity contribution is 0.562. The average molecular weight is 239 g/mol. The molecular weight excluding hydrogens is 222 g/mol. The first-order valence-electron chi connectivity index (χ1n) is 5.17. The lowest BCUT2D eigenvalue weighted by Crippen LogP contribution is -2.33. The van der Waals surface area contributed by atoms with E-state index in [2.05, 4.69) is 18.6 Å². The van der Waals surface area contributed by atoms with Crippen LogP contribution in [-0.4, -0.2) is 14.5 Å². The maximum absolute atomic E-state index is 12.0. The monoisotopic (exact) mass is 239 g/mol. The first-order valence-corrected chi connectivity index (χ1v) is 6.66. The van der Waals surface area contributed by atoms with Crippen molar-refractivity contribution in [1.29, 1.82) is 0 Å². The van der Waals surface area contributed by atoms with E-state index in [0.717, 1.165) is 5.56 Å². The van der Waals surface area contributed by atoms with Crippen molar-refractivity contribution < 1.29 is 8.42 Å². The molecule has 0 aliphatic rings. The van der Waals surface area contributed by atoms with Crippen molar-refractivity contribution in [2.45, 2.75) is 30.7 Å². The molecule has 0 amide bonds. The Balaban J connectivity index is 2.91. The smallest absolute Gasteiger partial charge is 0.208 e. The lowest BCUT2D eigenvalue weighted by Gasteiger charge is -2.14. The molecule has 16 heavy (non-hydrogen) atoms. The van der Waals surface area contributed by atoms with Gasteiger partial charge in [-0.1, -0.05) is 31.5 Å². The largest absolute Gasteiger partial charge is 0.241 e. The number of sulfonamides is 1. The zero-order valence-corrected chi connectivity index (χ0v) is 10.3. The maximum Gasteiger partial charge on any atom is 0.241 e. The molecule has 0 bridgehead atoms. The summed E-state index contributed by atoms with van der Waals surface area (Å²) in [7, 11) is -3.45. The Morgan fingerprint density at radius 3 is 2.56 bits per heavy atom. The van der Waals surface area contributed by atoms with E-state index < -0.39 is 10.0 Å². The highest BCUT2D eigenvalue weighted by atomic mass is 32.2. The summed E-state index contributed by atoms with van der Waals surface area (Å²) >= 11 is 0. The van der Waals surface area contributed by atoms with E-state index in [1.807, 2.05) is 6.07 Å². The minimum absolute atomic E-state index is 0.313. The Morgan fingerprint density at radius 1 is 1.38 bits per heavy atom. The molecule has 0 spiro atoms. The van der Waals surface area contributed by atoms with Crippen LogP contribution in [0.1, 0.15) is 18.4 Å². The van der Waals surface area contributed by atoms with Gasteiger partial charge >= 0.3 is 0 Å². The molecule has 0 aromatic heterocycles. The molecule has 1 N–H and O–H groups in total. The SMILES string of the molecule is [CH2]CC[C@@H]([CH2])NS(=O)(=O)c1ccccc1C. The van der Waals surface area contributed by atoms with Crippen LogP contribution in [0.4, 0.5) is 0 Å². The van der Waals surface area contributed by atoms with Crippen LogP contribution >= 0.6 is 0 Å². The van der Waals surface area contributed by atoms with Crippen LogP contribution in [0.15, 0.2) is 29.2 Å². The van der Waals surface area contributed by atoms with Crippen LogP contribution < -0.4 is 4.72 Å². The Morgan fingerprint density at radius 2 is 2.00 bits per heavy atom. The van der Waals surface area contributed by atoms with Gasteiger partial charge in [-0.05, 0) is 31.9 Å². The van der Waals surface area contributed by atoms with E-state index in [9.17, 15) is 8.42 Å². The van der Waals surface area contributed by atoms with Crippen LogP contribution in [0.2, 0.25) is 0 Å². The fourth-order valence-corrected chi connectivity index (χ4v) is 2.88. The lowest BCUT2D eigenvalue weighted by atomic mass is 10.2. The van der Waals surface area contributed by atoms with E-state index >= 15 is 0 Å². The van der Waals surface area contributed by atoms with Crippen molar-refractivity contribution in [2.24, 2.45) is 0 Å². The summed E-state index contributed by atoms with van der Waals surface area (Å²) in [4.78, 5) is 0.313. The first kappa shape index (κ1) is 13.2. The third kappa shape index (κ3) is 3.32. The zero-order chi connectivity index (χ0) is 12.2. The van der Waals surface area contributed by atoms with Gasteiger partial charge in [0.2, 0.25) is 10.0 Å². The van der Waals surface area contributed by atoms with Crippen molar-refractivity contribution in [3.63, 3.8) is 0 Å². The van der Waals surface area contributed by atoms with Gasteiger partial charge in [-0.25, -0.2) is 13.1 Å². The van der Waals surface area contributed by atoms with E-state index in [-0.39, 0.29) is 6.04 Å².